The summed E-state index contributed by atoms with van der Waals surface area (Å²) in [6.07, 6.45) is 4.37. The Hall–Kier alpha value is -1.61. The summed E-state index contributed by atoms with van der Waals surface area (Å²) < 4.78 is 6.30. The normalized spacial score (nSPS) is 17.2. The zero-order valence-electron chi connectivity index (χ0n) is 11.4. The molecule has 0 bridgehead atoms. The topological polar surface area (TPSA) is 48.1 Å². The first-order valence-corrected chi connectivity index (χ1v) is 6.98. The van der Waals surface area contributed by atoms with Crippen LogP contribution < -0.4 is 10.5 Å². The summed E-state index contributed by atoms with van der Waals surface area (Å²) in [4.78, 5) is 4.62. The largest absolute Gasteiger partial charge is 0.485 e. The van der Waals surface area contributed by atoms with Crippen LogP contribution in [0.5, 0.6) is 5.75 Å². The van der Waals surface area contributed by atoms with E-state index in [9.17, 15) is 0 Å². The van der Waals surface area contributed by atoms with Gasteiger partial charge in [0.25, 0.3) is 0 Å². The van der Waals surface area contributed by atoms with Crippen molar-refractivity contribution in [2.75, 3.05) is 6.54 Å². The number of benzene rings is 1. The Kier molecular flexibility index (Phi) is 3.15. The number of nitrogens with zero attached hydrogens (tertiary/aromatic N) is 1. The molecule has 0 aliphatic heterocycles. The highest BCUT2D eigenvalue weighted by Crippen LogP contribution is 2.40. The average Bonchev–Trinajstić information content (AvgIpc) is 2.37. The SMILES string of the molecule is Cc1ccc2cccc(OC3(CCN)CCC3)c2n1. The molecule has 3 nitrogen and oxygen atoms in total. The number of hydrogen-bond donors (Lipinski definition) is 1. The second kappa shape index (κ2) is 4.82. The number of fused-ring (bicyclic) bond motifs is 1. The fraction of sp³-hybridized carbons (Fsp3) is 0.438. The first-order valence-electron chi connectivity index (χ1n) is 6.98. The van der Waals surface area contributed by atoms with E-state index in [4.69, 9.17) is 10.5 Å². The van der Waals surface area contributed by atoms with Gasteiger partial charge in [0.05, 0.1) is 0 Å². The second-order valence-electron chi connectivity index (χ2n) is 5.46. The monoisotopic (exact) mass is 256 g/mol. The van der Waals surface area contributed by atoms with Crippen LogP contribution in [0.1, 0.15) is 31.4 Å². The molecule has 1 heterocycles. The van der Waals surface area contributed by atoms with Crippen LogP contribution in [0, 0.1) is 6.92 Å². The van der Waals surface area contributed by atoms with Crippen LogP contribution in [0.15, 0.2) is 30.3 Å². The summed E-state index contributed by atoms with van der Waals surface area (Å²) in [5.41, 5.74) is 7.65. The highest BCUT2D eigenvalue weighted by Gasteiger charge is 2.38. The lowest BCUT2D eigenvalue weighted by atomic mass is 9.77. The summed E-state index contributed by atoms with van der Waals surface area (Å²) >= 11 is 0. The van der Waals surface area contributed by atoms with E-state index in [1.165, 1.54) is 6.42 Å². The van der Waals surface area contributed by atoms with Crippen molar-refractivity contribution in [3.63, 3.8) is 0 Å². The van der Waals surface area contributed by atoms with Crippen LogP contribution in [0.25, 0.3) is 10.9 Å². The fourth-order valence-electron chi connectivity index (χ4n) is 2.77. The van der Waals surface area contributed by atoms with Gasteiger partial charge in [-0.25, -0.2) is 4.98 Å². The van der Waals surface area contributed by atoms with E-state index in [2.05, 4.69) is 17.1 Å². The van der Waals surface area contributed by atoms with Crippen LogP contribution in [0.3, 0.4) is 0 Å². The number of pyridine rings is 1. The van der Waals surface area contributed by atoms with E-state index in [-0.39, 0.29) is 5.60 Å². The molecule has 1 saturated carbocycles. The Morgan fingerprint density at radius 3 is 2.79 bits per heavy atom. The molecular formula is C16H20N2O. The minimum Gasteiger partial charge on any atom is -0.485 e. The molecule has 1 aromatic carbocycles. The van der Waals surface area contributed by atoms with Crippen LogP contribution in [-0.2, 0) is 0 Å². The molecule has 100 valence electrons. The summed E-state index contributed by atoms with van der Waals surface area (Å²) in [5, 5.41) is 1.13. The Morgan fingerprint density at radius 2 is 2.11 bits per heavy atom. The molecule has 19 heavy (non-hydrogen) atoms. The van der Waals surface area contributed by atoms with Crippen molar-refractivity contribution in [2.24, 2.45) is 5.73 Å². The van der Waals surface area contributed by atoms with Crippen molar-refractivity contribution in [2.45, 2.75) is 38.2 Å². The van der Waals surface area contributed by atoms with Gasteiger partial charge in [0.1, 0.15) is 16.9 Å². The number of aromatic nitrogens is 1. The molecule has 2 N–H and O–H groups in total. The Labute approximate surface area is 113 Å². The maximum atomic E-state index is 6.30. The predicted molar refractivity (Wildman–Crippen MR) is 77.4 cm³/mol. The third-order valence-electron chi connectivity index (χ3n) is 4.01. The second-order valence-corrected chi connectivity index (χ2v) is 5.46. The molecule has 0 spiro atoms. The number of aryl methyl sites for hydroxylation is 1. The van der Waals surface area contributed by atoms with E-state index in [1.54, 1.807) is 0 Å². The molecule has 1 aliphatic rings. The lowest BCUT2D eigenvalue weighted by molar-refractivity contribution is -0.0113. The highest BCUT2D eigenvalue weighted by atomic mass is 16.5. The predicted octanol–water partition coefficient (Wildman–Crippen LogP) is 3.19. The Bertz CT molecular complexity index is 590. The minimum absolute atomic E-state index is 0.0472. The fourth-order valence-corrected chi connectivity index (χ4v) is 2.77. The maximum Gasteiger partial charge on any atom is 0.146 e. The van der Waals surface area contributed by atoms with Gasteiger partial charge in [0.15, 0.2) is 0 Å². The molecule has 1 fully saturated rings. The third-order valence-corrected chi connectivity index (χ3v) is 4.01. The van der Waals surface area contributed by atoms with Crippen LogP contribution >= 0.6 is 0 Å². The third kappa shape index (κ3) is 2.30. The Morgan fingerprint density at radius 1 is 1.26 bits per heavy atom. The van der Waals surface area contributed by atoms with E-state index < -0.39 is 0 Å². The van der Waals surface area contributed by atoms with Gasteiger partial charge in [0.2, 0.25) is 0 Å². The number of rotatable bonds is 4. The van der Waals surface area contributed by atoms with E-state index >= 15 is 0 Å². The van der Waals surface area contributed by atoms with Gasteiger partial charge in [-0.3, -0.25) is 0 Å². The van der Waals surface area contributed by atoms with Crippen molar-refractivity contribution in [1.29, 1.82) is 0 Å². The zero-order valence-corrected chi connectivity index (χ0v) is 11.4. The van der Waals surface area contributed by atoms with Gasteiger partial charge in [-0.2, -0.15) is 0 Å². The van der Waals surface area contributed by atoms with Crippen LogP contribution in [-0.4, -0.2) is 17.1 Å². The van der Waals surface area contributed by atoms with Gasteiger partial charge < -0.3 is 10.5 Å². The van der Waals surface area contributed by atoms with Gasteiger partial charge in [0, 0.05) is 11.1 Å². The molecule has 3 rings (SSSR count). The summed E-state index contributed by atoms with van der Waals surface area (Å²) in [7, 11) is 0. The lowest BCUT2D eigenvalue weighted by Gasteiger charge is -2.42. The van der Waals surface area contributed by atoms with Crippen LogP contribution in [0.2, 0.25) is 0 Å². The summed E-state index contributed by atoms with van der Waals surface area (Å²) in [6.45, 7) is 2.69. The van der Waals surface area contributed by atoms with Crippen molar-refractivity contribution >= 4 is 10.9 Å². The molecule has 1 aromatic heterocycles. The Balaban J connectivity index is 1.98. The van der Waals surface area contributed by atoms with Crippen molar-refractivity contribution in [1.82, 2.24) is 4.98 Å². The molecule has 0 atom stereocenters. The molecule has 3 heteroatoms. The van der Waals surface area contributed by atoms with E-state index in [1.807, 2.05) is 25.1 Å². The van der Waals surface area contributed by atoms with Gasteiger partial charge in [-0.05, 0) is 51.3 Å². The molecular weight excluding hydrogens is 236 g/mol. The van der Waals surface area contributed by atoms with Crippen molar-refractivity contribution < 1.29 is 4.74 Å². The lowest BCUT2D eigenvalue weighted by Crippen LogP contribution is -2.44. The van der Waals surface area contributed by atoms with Crippen molar-refractivity contribution in [3.8, 4) is 5.75 Å². The number of ether oxygens (including phenoxy) is 1. The van der Waals surface area contributed by atoms with E-state index in [0.29, 0.717) is 6.54 Å². The molecule has 0 radical (unpaired) electrons. The quantitative estimate of drug-likeness (QED) is 0.914. The van der Waals surface area contributed by atoms with Crippen LogP contribution in [0.4, 0.5) is 0 Å². The first-order chi connectivity index (χ1) is 9.22. The summed E-state index contributed by atoms with van der Waals surface area (Å²) in [5.74, 6) is 0.898. The number of para-hydroxylation sites is 1. The molecule has 0 saturated heterocycles. The van der Waals surface area contributed by atoms with Gasteiger partial charge in [-0.1, -0.05) is 18.2 Å². The highest BCUT2D eigenvalue weighted by molar-refractivity contribution is 5.84. The summed E-state index contributed by atoms with van der Waals surface area (Å²) in [6, 6.07) is 10.3. The molecule has 2 aromatic rings. The standard InChI is InChI=1S/C16H20N2O/c1-12-6-7-13-4-2-5-14(15(13)18-12)19-16(10-11-17)8-3-9-16/h2,4-7H,3,8-11,17H2,1H3. The molecule has 0 unspecified atom stereocenters. The maximum absolute atomic E-state index is 6.30. The molecule has 0 amide bonds. The smallest absolute Gasteiger partial charge is 0.146 e. The first kappa shape index (κ1) is 12.4. The zero-order chi connectivity index (χ0) is 13.3. The molecule has 1 aliphatic carbocycles. The number of hydrogen-bond acceptors (Lipinski definition) is 3. The average molecular weight is 256 g/mol. The van der Waals surface area contributed by atoms with Gasteiger partial charge in [-0.15, -0.1) is 0 Å². The van der Waals surface area contributed by atoms with Crippen molar-refractivity contribution in [3.05, 3.63) is 36.0 Å². The van der Waals surface area contributed by atoms with E-state index in [0.717, 1.165) is 41.6 Å². The number of nitrogens with two attached hydrogens (primary N) is 1. The minimum atomic E-state index is -0.0472. The van der Waals surface area contributed by atoms with Gasteiger partial charge >= 0.3 is 0 Å².